The van der Waals surface area contributed by atoms with Crippen molar-refractivity contribution in [3.8, 4) is 5.75 Å². The van der Waals surface area contributed by atoms with Crippen LogP contribution in [0, 0.1) is 6.92 Å². The SMILES string of the molecule is C=CC(=O)Nc1cc(Nc2ncc(Cl)c(Nc3ccc(C)cc3P(C)(C)=O)n2)c(OC)cc1N(C)CCN(C)C. The molecule has 1 aromatic heterocycles. The summed E-state index contributed by atoms with van der Waals surface area (Å²) < 4.78 is 18.6. The molecule has 0 fully saturated rings. The first kappa shape index (κ1) is 30.9. The van der Waals surface area contributed by atoms with E-state index in [1.54, 1.807) is 26.5 Å². The van der Waals surface area contributed by atoms with Crippen LogP contribution in [0.1, 0.15) is 5.56 Å². The van der Waals surface area contributed by atoms with Gasteiger partial charge in [0.1, 0.15) is 17.9 Å². The van der Waals surface area contributed by atoms with Crippen LogP contribution in [0.3, 0.4) is 0 Å². The van der Waals surface area contributed by atoms with Gasteiger partial charge < -0.3 is 35.1 Å². The summed E-state index contributed by atoms with van der Waals surface area (Å²) in [7, 11) is 4.92. The molecular formula is C28H37ClN7O3P. The summed E-state index contributed by atoms with van der Waals surface area (Å²) in [6, 6.07) is 9.29. The Balaban J connectivity index is 2.00. The molecule has 0 aliphatic rings. The first-order chi connectivity index (χ1) is 18.8. The molecule has 0 saturated heterocycles. The van der Waals surface area contributed by atoms with Crippen molar-refractivity contribution in [1.82, 2.24) is 14.9 Å². The highest BCUT2D eigenvalue weighted by atomic mass is 35.5. The number of rotatable bonds is 12. The lowest BCUT2D eigenvalue weighted by Gasteiger charge is -2.26. The topological polar surface area (TPSA) is 112 Å². The minimum Gasteiger partial charge on any atom is -0.494 e. The van der Waals surface area contributed by atoms with E-state index in [0.29, 0.717) is 39.0 Å². The first-order valence-electron chi connectivity index (χ1n) is 12.6. The summed E-state index contributed by atoms with van der Waals surface area (Å²) in [5.41, 5.74) is 3.52. The van der Waals surface area contributed by atoms with Crippen LogP contribution in [0.2, 0.25) is 5.02 Å². The van der Waals surface area contributed by atoms with E-state index in [2.05, 4.69) is 37.4 Å². The van der Waals surface area contributed by atoms with Crippen LogP contribution >= 0.6 is 18.7 Å². The number of anilines is 6. The van der Waals surface area contributed by atoms with Crippen molar-refractivity contribution in [3.05, 3.63) is 59.8 Å². The fourth-order valence-electron chi connectivity index (χ4n) is 3.86. The Morgan fingerprint density at radius 2 is 1.82 bits per heavy atom. The molecule has 0 spiro atoms. The van der Waals surface area contributed by atoms with E-state index in [0.717, 1.165) is 24.3 Å². The second kappa shape index (κ2) is 13.2. The van der Waals surface area contributed by atoms with Crippen molar-refractivity contribution in [2.75, 3.05) is 75.5 Å². The van der Waals surface area contributed by atoms with Crippen LogP contribution in [0.4, 0.5) is 34.5 Å². The number of carbonyl (C=O) groups is 1. The number of aromatic nitrogens is 2. The molecule has 214 valence electrons. The number of aryl methyl sites for hydroxylation is 1. The molecular weight excluding hydrogens is 549 g/mol. The minimum absolute atomic E-state index is 0.241. The number of hydrogen-bond donors (Lipinski definition) is 3. The lowest BCUT2D eigenvalue weighted by atomic mass is 10.2. The maximum Gasteiger partial charge on any atom is 0.247 e. The number of nitrogens with one attached hydrogen (secondary N) is 3. The van der Waals surface area contributed by atoms with Gasteiger partial charge in [-0.25, -0.2) is 4.98 Å². The fraction of sp³-hybridized carbons (Fsp3) is 0.321. The van der Waals surface area contributed by atoms with Crippen LogP contribution in [0.15, 0.2) is 49.2 Å². The van der Waals surface area contributed by atoms with Gasteiger partial charge >= 0.3 is 0 Å². The van der Waals surface area contributed by atoms with E-state index in [4.69, 9.17) is 16.3 Å². The van der Waals surface area contributed by atoms with Crippen molar-refractivity contribution >= 4 is 64.5 Å². The molecule has 3 aromatic rings. The number of benzene rings is 2. The van der Waals surface area contributed by atoms with Crippen LogP contribution in [0.25, 0.3) is 0 Å². The Morgan fingerprint density at radius 1 is 1.10 bits per heavy atom. The minimum atomic E-state index is -2.59. The van der Waals surface area contributed by atoms with Gasteiger partial charge in [0.15, 0.2) is 5.82 Å². The number of halogens is 1. The van der Waals surface area contributed by atoms with E-state index in [9.17, 15) is 9.36 Å². The number of amides is 1. The number of ether oxygens (including phenoxy) is 1. The van der Waals surface area contributed by atoms with Crippen molar-refractivity contribution in [1.29, 1.82) is 0 Å². The van der Waals surface area contributed by atoms with Gasteiger partial charge in [-0.05, 0) is 58.6 Å². The van der Waals surface area contributed by atoms with Crippen molar-refractivity contribution in [2.24, 2.45) is 0 Å². The Labute approximate surface area is 241 Å². The number of hydrogen-bond acceptors (Lipinski definition) is 9. The van der Waals surface area contributed by atoms with E-state index in [1.807, 2.05) is 57.2 Å². The molecule has 12 heteroatoms. The highest BCUT2D eigenvalue weighted by Crippen LogP contribution is 2.40. The predicted molar refractivity (Wildman–Crippen MR) is 168 cm³/mol. The van der Waals surface area contributed by atoms with Crippen molar-refractivity contribution in [3.63, 3.8) is 0 Å². The average Bonchev–Trinajstić information content (AvgIpc) is 2.89. The van der Waals surface area contributed by atoms with Gasteiger partial charge in [0.2, 0.25) is 11.9 Å². The zero-order valence-corrected chi connectivity index (χ0v) is 25.7. The largest absolute Gasteiger partial charge is 0.494 e. The van der Waals surface area contributed by atoms with E-state index >= 15 is 0 Å². The van der Waals surface area contributed by atoms with E-state index in [1.165, 1.54) is 12.3 Å². The monoisotopic (exact) mass is 585 g/mol. The Morgan fingerprint density at radius 3 is 2.45 bits per heavy atom. The lowest BCUT2D eigenvalue weighted by molar-refractivity contribution is -0.111. The molecule has 0 atom stereocenters. The molecule has 10 nitrogen and oxygen atoms in total. The van der Waals surface area contributed by atoms with Gasteiger partial charge in [0, 0.05) is 31.5 Å². The summed E-state index contributed by atoms with van der Waals surface area (Å²) in [5.74, 6) is 0.766. The molecule has 0 unspecified atom stereocenters. The highest BCUT2D eigenvalue weighted by molar-refractivity contribution is 7.70. The lowest BCUT2D eigenvalue weighted by Crippen LogP contribution is -2.29. The Hall–Kier alpha value is -3.59. The third kappa shape index (κ3) is 7.97. The molecule has 0 radical (unpaired) electrons. The van der Waals surface area contributed by atoms with Crippen LogP contribution in [0.5, 0.6) is 5.75 Å². The van der Waals surface area contributed by atoms with Gasteiger partial charge in [0.05, 0.1) is 36.1 Å². The highest BCUT2D eigenvalue weighted by Gasteiger charge is 2.19. The van der Waals surface area contributed by atoms with Crippen LogP contribution in [-0.4, -0.2) is 75.4 Å². The van der Waals surface area contributed by atoms with E-state index in [-0.39, 0.29) is 11.9 Å². The summed E-state index contributed by atoms with van der Waals surface area (Å²) in [6.45, 7) is 10.5. The normalized spacial score (nSPS) is 11.2. The van der Waals surface area contributed by atoms with Gasteiger partial charge in [-0.15, -0.1) is 0 Å². The maximum absolute atomic E-state index is 12.9. The van der Waals surface area contributed by atoms with Crippen molar-refractivity contribution < 1.29 is 14.1 Å². The summed E-state index contributed by atoms with van der Waals surface area (Å²) in [6.07, 6.45) is 2.69. The zero-order valence-electron chi connectivity index (χ0n) is 24.0. The molecule has 0 aliphatic carbocycles. The third-order valence-electron chi connectivity index (χ3n) is 6.03. The van der Waals surface area contributed by atoms with Crippen molar-refractivity contribution in [2.45, 2.75) is 6.92 Å². The van der Waals surface area contributed by atoms with E-state index < -0.39 is 7.14 Å². The van der Waals surface area contributed by atoms with Gasteiger partial charge in [0.25, 0.3) is 0 Å². The second-order valence-corrected chi connectivity index (χ2v) is 13.6. The summed E-state index contributed by atoms with van der Waals surface area (Å²) >= 11 is 6.44. The molecule has 2 aromatic carbocycles. The Bertz CT molecular complexity index is 1440. The first-order valence-corrected chi connectivity index (χ1v) is 15.5. The smallest absolute Gasteiger partial charge is 0.247 e. The Kier molecular flexibility index (Phi) is 10.2. The number of nitrogens with zero attached hydrogens (tertiary/aromatic N) is 4. The maximum atomic E-state index is 12.9. The fourth-order valence-corrected chi connectivity index (χ4v) is 5.23. The molecule has 0 aliphatic heterocycles. The molecule has 0 bridgehead atoms. The standard InChI is InChI=1S/C28H37ClN7O3P/c1-9-26(37)31-21-15-22(24(39-6)16-23(21)36(5)13-12-35(3)4)33-28-30-17-19(29)27(34-28)32-20-11-10-18(2)14-25(20)40(7,8)38/h9-11,14-17H,1,12-13H2,2-8H3,(H,31,37)(H2,30,32,33,34). The molecule has 0 saturated carbocycles. The summed E-state index contributed by atoms with van der Waals surface area (Å²) in [5, 5.41) is 10.3. The molecule has 3 N–H and O–H groups in total. The van der Waals surface area contributed by atoms with Gasteiger partial charge in [-0.2, -0.15) is 4.98 Å². The molecule has 1 amide bonds. The summed E-state index contributed by atoms with van der Waals surface area (Å²) in [4.78, 5) is 25.2. The van der Waals surface area contributed by atoms with Crippen LogP contribution < -0.4 is 30.9 Å². The predicted octanol–water partition coefficient (Wildman–Crippen LogP) is 5.30. The average molecular weight is 586 g/mol. The van der Waals surface area contributed by atoms with Gasteiger partial charge in [-0.3, -0.25) is 4.79 Å². The quantitative estimate of drug-likeness (QED) is 0.192. The number of methoxy groups -OCH3 is 1. The molecule has 40 heavy (non-hydrogen) atoms. The molecule has 1 heterocycles. The second-order valence-electron chi connectivity index (χ2n) is 10.00. The number of likely N-dealkylation sites (N-methyl/N-ethyl adjacent to an activating group) is 2. The van der Waals surface area contributed by atoms with Crippen LogP contribution in [-0.2, 0) is 9.36 Å². The van der Waals surface area contributed by atoms with Gasteiger partial charge in [-0.1, -0.05) is 29.8 Å². The number of carbonyl (C=O) groups excluding carboxylic acids is 1. The third-order valence-corrected chi connectivity index (χ3v) is 7.84. The zero-order chi connectivity index (χ0) is 29.6. The molecule has 3 rings (SSSR count).